The Kier molecular flexibility index (Phi) is 6.95. The molecule has 1 heterocycles. The second-order valence-corrected chi connectivity index (χ2v) is 9.56. The van der Waals surface area contributed by atoms with Crippen LogP contribution in [0.1, 0.15) is 24.0 Å². The van der Waals surface area contributed by atoms with Crippen molar-refractivity contribution in [2.24, 2.45) is 0 Å². The number of nitrogens with zero attached hydrogens (tertiary/aromatic N) is 1. The fourth-order valence-corrected chi connectivity index (χ4v) is 5.01. The Morgan fingerprint density at radius 2 is 2.00 bits per heavy atom. The van der Waals surface area contributed by atoms with E-state index >= 15 is 0 Å². The van der Waals surface area contributed by atoms with Gasteiger partial charge < -0.3 is 10.1 Å². The van der Waals surface area contributed by atoms with Crippen LogP contribution in [0, 0.1) is 13.8 Å². The summed E-state index contributed by atoms with van der Waals surface area (Å²) in [5, 5.41) is 3.15. The zero-order valence-electron chi connectivity index (χ0n) is 16.5. The van der Waals surface area contributed by atoms with Crippen LogP contribution in [0.25, 0.3) is 0 Å². The van der Waals surface area contributed by atoms with E-state index in [9.17, 15) is 13.2 Å². The summed E-state index contributed by atoms with van der Waals surface area (Å²) in [5.41, 5.74) is 2.67. The third kappa shape index (κ3) is 5.36. The van der Waals surface area contributed by atoms with E-state index < -0.39 is 15.9 Å². The summed E-state index contributed by atoms with van der Waals surface area (Å²) in [6, 6.07) is 11.7. The Morgan fingerprint density at radius 3 is 2.69 bits per heavy atom. The molecule has 1 amide bonds. The van der Waals surface area contributed by atoms with E-state index in [2.05, 4.69) is 5.32 Å². The van der Waals surface area contributed by atoms with Crippen LogP contribution in [0.4, 0.5) is 5.69 Å². The Hall–Kier alpha value is -1.93. The van der Waals surface area contributed by atoms with Gasteiger partial charge in [-0.1, -0.05) is 29.8 Å². The van der Waals surface area contributed by atoms with Crippen LogP contribution in [0.3, 0.4) is 0 Å². The van der Waals surface area contributed by atoms with Crippen LogP contribution < -0.4 is 5.32 Å². The number of amides is 1. The molecule has 2 aromatic rings. The SMILES string of the molecule is Cc1cccc(NC(=O)CN(CC2CCCO2)S(=O)(=O)c2cccc(Cl)c2)c1C. The van der Waals surface area contributed by atoms with Crippen LogP contribution in [0.2, 0.25) is 5.02 Å². The molecule has 1 N–H and O–H groups in total. The number of rotatable bonds is 7. The number of halogens is 1. The maximum atomic E-state index is 13.2. The van der Waals surface area contributed by atoms with Gasteiger partial charge in [0.15, 0.2) is 0 Å². The van der Waals surface area contributed by atoms with Crippen molar-refractivity contribution in [1.29, 1.82) is 0 Å². The largest absolute Gasteiger partial charge is 0.377 e. The average molecular weight is 437 g/mol. The quantitative estimate of drug-likeness (QED) is 0.716. The van der Waals surface area contributed by atoms with Gasteiger partial charge >= 0.3 is 0 Å². The van der Waals surface area contributed by atoms with Crippen molar-refractivity contribution in [3.63, 3.8) is 0 Å². The zero-order chi connectivity index (χ0) is 21.0. The van der Waals surface area contributed by atoms with Crippen molar-refractivity contribution >= 4 is 33.2 Å². The summed E-state index contributed by atoms with van der Waals surface area (Å²) in [7, 11) is -3.91. The first-order valence-electron chi connectivity index (χ1n) is 9.51. The number of carbonyl (C=O) groups excluding carboxylic acids is 1. The second kappa shape index (κ2) is 9.26. The standard InChI is InChI=1S/C21H25ClN2O4S/c1-15-6-3-10-20(16(15)2)23-21(25)14-24(13-18-8-5-11-28-18)29(26,27)19-9-4-7-17(22)12-19/h3-4,6-7,9-10,12,18H,5,8,11,13-14H2,1-2H3,(H,23,25). The summed E-state index contributed by atoms with van der Waals surface area (Å²) in [5.74, 6) is -0.401. The maximum absolute atomic E-state index is 13.2. The minimum absolute atomic E-state index is 0.0579. The Bertz CT molecular complexity index is 988. The molecule has 8 heteroatoms. The molecule has 6 nitrogen and oxygen atoms in total. The lowest BCUT2D eigenvalue weighted by Gasteiger charge is -2.24. The van der Waals surface area contributed by atoms with Gasteiger partial charge in [0.05, 0.1) is 17.5 Å². The summed E-state index contributed by atoms with van der Waals surface area (Å²) in [6.45, 7) is 4.29. The highest BCUT2D eigenvalue weighted by atomic mass is 35.5. The van der Waals surface area contributed by atoms with E-state index in [0.717, 1.165) is 24.0 Å². The first kappa shape index (κ1) is 21.8. The molecule has 0 aliphatic carbocycles. The summed E-state index contributed by atoms with van der Waals surface area (Å²) < 4.78 is 33.2. The van der Waals surface area contributed by atoms with Crippen molar-refractivity contribution < 1.29 is 17.9 Å². The van der Waals surface area contributed by atoms with E-state index in [4.69, 9.17) is 16.3 Å². The number of aryl methyl sites for hydroxylation is 1. The normalized spacial score (nSPS) is 16.9. The number of nitrogens with one attached hydrogen (secondary N) is 1. The fraction of sp³-hybridized carbons (Fsp3) is 0.381. The molecule has 0 bridgehead atoms. The van der Waals surface area contributed by atoms with Gasteiger partial charge in [-0.3, -0.25) is 4.79 Å². The molecule has 1 saturated heterocycles. The first-order valence-corrected chi connectivity index (χ1v) is 11.3. The highest BCUT2D eigenvalue weighted by molar-refractivity contribution is 7.89. The van der Waals surface area contributed by atoms with Gasteiger partial charge in [-0.15, -0.1) is 0 Å². The molecule has 1 fully saturated rings. The highest BCUT2D eigenvalue weighted by Crippen LogP contribution is 2.23. The molecule has 29 heavy (non-hydrogen) atoms. The second-order valence-electron chi connectivity index (χ2n) is 7.19. The number of carbonyl (C=O) groups is 1. The van der Waals surface area contributed by atoms with E-state index in [0.29, 0.717) is 17.3 Å². The predicted molar refractivity (Wildman–Crippen MR) is 114 cm³/mol. The molecular weight excluding hydrogens is 412 g/mol. The lowest BCUT2D eigenvalue weighted by molar-refractivity contribution is -0.116. The van der Waals surface area contributed by atoms with Gasteiger partial charge in [-0.25, -0.2) is 8.42 Å². The van der Waals surface area contributed by atoms with Crippen molar-refractivity contribution in [1.82, 2.24) is 4.31 Å². The third-order valence-corrected chi connectivity index (χ3v) is 7.11. The van der Waals surface area contributed by atoms with Crippen LogP contribution in [-0.2, 0) is 19.6 Å². The van der Waals surface area contributed by atoms with Gasteiger partial charge in [-0.05, 0) is 62.1 Å². The minimum atomic E-state index is -3.91. The average Bonchev–Trinajstić information content (AvgIpc) is 3.18. The van der Waals surface area contributed by atoms with Gasteiger partial charge in [-0.2, -0.15) is 4.31 Å². The zero-order valence-corrected chi connectivity index (χ0v) is 18.1. The molecule has 1 atom stereocenters. The van der Waals surface area contributed by atoms with E-state index in [1.807, 2.05) is 26.0 Å². The molecule has 0 spiro atoms. The predicted octanol–water partition coefficient (Wildman–Crippen LogP) is 3.77. The molecule has 1 unspecified atom stereocenters. The monoisotopic (exact) mass is 436 g/mol. The topological polar surface area (TPSA) is 75.7 Å². The maximum Gasteiger partial charge on any atom is 0.243 e. The Morgan fingerprint density at radius 1 is 1.24 bits per heavy atom. The lowest BCUT2D eigenvalue weighted by Crippen LogP contribution is -2.42. The smallest absolute Gasteiger partial charge is 0.243 e. The molecule has 1 aliphatic heterocycles. The summed E-state index contributed by atoms with van der Waals surface area (Å²) in [4.78, 5) is 12.8. The van der Waals surface area contributed by atoms with E-state index in [1.54, 1.807) is 18.2 Å². The number of hydrogen-bond acceptors (Lipinski definition) is 4. The van der Waals surface area contributed by atoms with Crippen molar-refractivity contribution in [3.8, 4) is 0 Å². The first-order chi connectivity index (χ1) is 13.8. The number of anilines is 1. The molecule has 2 aromatic carbocycles. The van der Waals surface area contributed by atoms with Crippen molar-refractivity contribution in [2.45, 2.75) is 37.7 Å². The van der Waals surface area contributed by atoms with E-state index in [-0.39, 0.29) is 24.1 Å². The third-order valence-electron chi connectivity index (χ3n) is 5.06. The molecular formula is C21H25ClN2O4S. The minimum Gasteiger partial charge on any atom is -0.377 e. The Labute approximate surface area is 176 Å². The number of sulfonamides is 1. The summed E-state index contributed by atoms with van der Waals surface area (Å²) in [6.07, 6.45) is 1.42. The van der Waals surface area contributed by atoms with Crippen LogP contribution in [0.5, 0.6) is 0 Å². The number of ether oxygens (including phenoxy) is 1. The Balaban J connectivity index is 1.83. The molecule has 0 radical (unpaired) electrons. The fourth-order valence-electron chi connectivity index (χ4n) is 3.28. The van der Waals surface area contributed by atoms with Gasteiger partial charge in [0, 0.05) is 23.9 Å². The molecule has 1 aliphatic rings. The van der Waals surface area contributed by atoms with Gasteiger partial charge in [0.1, 0.15) is 0 Å². The summed E-state index contributed by atoms with van der Waals surface area (Å²) >= 11 is 5.98. The number of hydrogen-bond donors (Lipinski definition) is 1. The lowest BCUT2D eigenvalue weighted by atomic mass is 10.1. The van der Waals surface area contributed by atoms with Crippen molar-refractivity contribution in [2.75, 3.05) is 25.0 Å². The molecule has 0 aromatic heterocycles. The van der Waals surface area contributed by atoms with Gasteiger partial charge in [0.2, 0.25) is 15.9 Å². The van der Waals surface area contributed by atoms with Crippen LogP contribution >= 0.6 is 11.6 Å². The molecule has 156 valence electrons. The highest BCUT2D eigenvalue weighted by Gasteiger charge is 2.31. The number of benzene rings is 2. The van der Waals surface area contributed by atoms with Crippen LogP contribution in [-0.4, -0.2) is 44.4 Å². The molecule has 0 saturated carbocycles. The van der Waals surface area contributed by atoms with Crippen LogP contribution in [0.15, 0.2) is 47.4 Å². The molecule has 3 rings (SSSR count). The van der Waals surface area contributed by atoms with Gasteiger partial charge in [0.25, 0.3) is 0 Å². The van der Waals surface area contributed by atoms with E-state index in [1.165, 1.54) is 16.4 Å². The van der Waals surface area contributed by atoms with Crippen molar-refractivity contribution in [3.05, 3.63) is 58.6 Å².